The average Bonchev–Trinajstić information content (AvgIpc) is 2.29. The maximum atomic E-state index is 4.36. The van der Waals surface area contributed by atoms with Crippen molar-refractivity contribution >= 4 is 33.6 Å². The minimum Gasteiger partial charge on any atom is -0.357 e. The Kier molecular flexibility index (Phi) is 3.79. The number of benzene rings is 1. The molecule has 2 rings (SSSR count). The normalized spacial score (nSPS) is 10.1. The molecule has 0 saturated carbocycles. The predicted molar refractivity (Wildman–Crippen MR) is 69.8 cm³/mol. The monoisotopic (exact) mass is 295 g/mol. The van der Waals surface area contributed by atoms with Crippen LogP contribution < -0.4 is 5.32 Å². The molecule has 3 nitrogen and oxygen atoms in total. The van der Waals surface area contributed by atoms with E-state index in [0.717, 1.165) is 14.5 Å². The molecule has 1 aromatic carbocycles. The Labute approximate surface area is 107 Å². The third-order valence-electron chi connectivity index (χ3n) is 1.86. The Hall–Kier alpha value is -1.07. The van der Waals surface area contributed by atoms with Gasteiger partial charge in [0.05, 0.1) is 0 Å². The van der Waals surface area contributed by atoms with Crippen LogP contribution in [0.25, 0.3) is 0 Å². The lowest BCUT2D eigenvalue weighted by Crippen LogP contribution is -1.97. The van der Waals surface area contributed by atoms with Gasteiger partial charge in [0.15, 0.2) is 0 Å². The Bertz CT molecular complexity index is 476. The van der Waals surface area contributed by atoms with Gasteiger partial charge < -0.3 is 5.32 Å². The van der Waals surface area contributed by atoms with Crippen LogP contribution in [0.4, 0.5) is 5.95 Å². The number of hydrogen-bond donors (Lipinski definition) is 1. The van der Waals surface area contributed by atoms with Crippen LogP contribution >= 0.6 is 27.7 Å². The molecule has 0 aliphatic rings. The third-order valence-corrected chi connectivity index (χ3v) is 3.19. The van der Waals surface area contributed by atoms with Gasteiger partial charge in [0.2, 0.25) is 5.95 Å². The molecule has 1 aromatic heterocycles. The van der Waals surface area contributed by atoms with Crippen LogP contribution in [-0.4, -0.2) is 17.0 Å². The van der Waals surface area contributed by atoms with E-state index >= 15 is 0 Å². The van der Waals surface area contributed by atoms with Crippen LogP contribution in [0.5, 0.6) is 0 Å². The molecule has 82 valence electrons. The van der Waals surface area contributed by atoms with Crippen molar-refractivity contribution in [1.29, 1.82) is 0 Å². The van der Waals surface area contributed by atoms with Crippen LogP contribution in [-0.2, 0) is 0 Å². The highest BCUT2D eigenvalue weighted by Crippen LogP contribution is 2.27. The number of halogens is 1. The summed E-state index contributed by atoms with van der Waals surface area (Å²) in [4.78, 5) is 9.70. The highest BCUT2D eigenvalue weighted by atomic mass is 79.9. The molecule has 5 heteroatoms. The summed E-state index contributed by atoms with van der Waals surface area (Å²) in [7, 11) is 1.80. The molecular weight excluding hydrogens is 286 g/mol. The lowest BCUT2D eigenvalue weighted by molar-refractivity contribution is 1.03. The topological polar surface area (TPSA) is 37.8 Å². The quantitative estimate of drug-likeness (QED) is 0.881. The molecule has 2 aromatic rings. The zero-order chi connectivity index (χ0) is 11.4. The smallest absolute Gasteiger partial charge is 0.224 e. The average molecular weight is 296 g/mol. The summed E-state index contributed by atoms with van der Waals surface area (Å²) in [6.07, 6.45) is 0. The highest BCUT2D eigenvalue weighted by molar-refractivity contribution is 9.10. The molecule has 1 heterocycles. The van der Waals surface area contributed by atoms with E-state index in [4.69, 9.17) is 0 Å². The first-order valence-electron chi connectivity index (χ1n) is 4.73. The molecule has 0 amide bonds. The molecule has 0 saturated heterocycles. The third kappa shape index (κ3) is 2.96. The summed E-state index contributed by atoms with van der Waals surface area (Å²) in [6, 6.07) is 12.0. The van der Waals surface area contributed by atoms with Crippen molar-refractivity contribution in [3.8, 4) is 0 Å². The van der Waals surface area contributed by atoms with Gasteiger partial charge in [-0.05, 0) is 28.1 Å². The zero-order valence-corrected chi connectivity index (χ0v) is 11.0. The van der Waals surface area contributed by atoms with Crippen LogP contribution in [0.15, 0.2) is 50.9 Å². The van der Waals surface area contributed by atoms with Gasteiger partial charge in [-0.25, -0.2) is 9.97 Å². The molecule has 1 N–H and O–H groups in total. The first-order chi connectivity index (χ1) is 7.78. The summed E-state index contributed by atoms with van der Waals surface area (Å²) in [6.45, 7) is 0. The molecule has 0 bridgehead atoms. The molecular formula is C11H10BrN3S. The Morgan fingerprint density at radius 3 is 2.62 bits per heavy atom. The van der Waals surface area contributed by atoms with E-state index in [1.807, 2.05) is 24.3 Å². The maximum Gasteiger partial charge on any atom is 0.224 e. The van der Waals surface area contributed by atoms with E-state index in [0.29, 0.717) is 5.95 Å². The van der Waals surface area contributed by atoms with Crippen molar-refractivity contribution in [2.24, 2.45) is 0 Å². The van der Waals surface area contributed by atoms with Gasteiger partial charge in [-0.1, -0.05) is 30.0 Å². The van der Waals surface area contributed by atoms with Gasteiger partial charge in [0.25, 0.3) is 0 Å². The fourth-order valence-corrected chi connectivity index (χ4v) is 2.54. The number of nitrogens with one attached hydrogen (secondary N) is 1. The first-order valence-corrected chi connectivity index (χ1v) is 6.34. The van der Waals surface area contributed by atoms with E-state index in [1.54, 1.807) is 18.8 Å². The standard InChI is InChI=1S/C11H10BrN3S/c1-13-11-14-9(12)7-10(15-11)16-8-5-3-2-4-6-8/h2-7H,1H3,(H,13,14,15). The second-order valence-corrected chi connectivity index (χ2v) is 4.92. The molecule has 0 aliphatic carbocycles. The highest BCUT2D eigenvalue weighted by Gasteiger charge is 2.03. The van der Waals surface area contributed by atoms with E-state index in [1.165, 1.54) is 0 Å². The Morgan fingerprint density at radius 1 is 1.19 bits per heavy atom. The van der Waals surface area contributed by atoms with Crippen molar-refractivity contribution in [2.75, 3.05) is 12.4 Å². The van der Waals surface area contributed by atoms with Crippen molar-refractivity contribution in [3.63, 3.8) is 0 Å². The fourth-order valence-electron chi connectivity index (χ4n) is 1.17. The Balaban J connectivity index is 2.24. The number of hydrogen-bond acceptors (Lipinski definition) is 4. The Morgan fingerprint density at radius 2 is 1.94 bits per heavy atom. The zero-order valence-electron chi connectivity index (χ0n) is 8.64. The van der Waals surface area contributed by atoms with Gasteiger partial charge in [0, 0.05) is 18.0 Å². The van der Waals surface area contributed by atoms with Crippen molar-refractivity contribution in [3.05, 3.63) is 41.0 Å². The van der Waals surface area contributed by atoms with Crippen molar-refractivity contribution in [1.82, 2.24) is 9.97 Å². The second-order valence-electron chi connectivity index (χ2n) is 3.02. The molecule has 0 unspecified atom stereocenters. The summed E-state index contributed by atoms with van der Waals surface area (Å²) < 4.78 is 0.783. The lowest BCUT2D eigenvalue weighted by Gasteiger charge is -2.04. The van der Waals surface area contributed by atoms with Crippen LogP contribution in [0.1, 0.15) is 0 Å². The first kappa shape index (κ1) is 11.4. The number of aromatic nitrogens is 2. The minimum atomic E-state index is 0.618. The molecule has 0 atom stereocenters. The summed E-state index contributed by atoms with van der Waals surface area (Å²) >= 11 is 4.97. The van der Waals surface area contributed by atoms with Crippen LogP contribution in [0.2, 0.25) is 0 Å². The number of anilines is 1. The van der Waals surface area contributed by atoms with Gasteiger partial charge in [0.1, 0.15) is 9.63 Å². The van der Waals surface area contributed by atoms with Gasteiger partial charge in [-0.15, -0.1) is 0 Å². The molecule has 0 spiro atoms. The fraction of sp³-hybridized carbons (Fsp3) is 0.0909. The van der Waals surface area contributed by atoms with E-state index < -0.39 is 0 Å². The van der Waals surface area contributed by atoms with Gasteiger partial charge in [-0.3, -0.25) is 0 Å². The molecule has 16 heavy (non-hydrogen) atoms. The summed E-state index contributed by atoms with van der Waals surface area (Å²) in [5.74, 6) is 0.618. The minimum absolute atomic E-state index is 0.618. The molecule has 0 radical (unpaired) electrons. The number of nitrogens with zero attached hydrogens (tertiary/aromatic N) is 2. The summed E-state index contributed by atoms with van der Waals surface area (Å²) in [5, 5.41) is 3.84. The van der Waals surface area contributed by atoms with E-state index in [9.17, 15) is 0 Å². The number of rotatable bonds is 3. The maximum absolute atomic E-state index is 4.36. The SMILES string of the molecule is CNc1nc(Br)cc(Sc2ccccc2)n1. The lowest BCUT2D eigenvalue weighted by atomic mass is 10.4. The van der Waals surface area contributed by atoms with Crippen molar-refractivity contribution in [2.45, 2.75) is 9.92 Å². The van der Waals surface area contributed by atoms with Crippen LogP contribution in [0.3, 0.4) is 0 Å². The van der Waals surface area contributed by atoms with E-state index in [2.05, 4.69) is 43.3 Å². The largest absolute Gasteiger partial charge is 0.357 e. The van der Waals surface area contributed by atoms with Gasteiger partial charge in [-0.2, -0.15) is 0 Å². The second kappa shape index (κ2) is 5.32. The molecule has 0 fully saturated rings. The predicted octanol–water partition coefficient (Wildman–Crippen LogP) is 3.43. The van der Waals surface area contributed by atoms with Crippen molar-refractivity contribution < 1.29 is 0 Å². The van der Waals surface area contributed by atoms with E-state index in [-0.39, 0.29) is 0 Å². The molecule has 0 aliphatic heterocycles. The van der Waals surface area contributed by atoms with Gasteiger partial charge >= 0.3 is 0 Å². The summed E-state index contributed by atoms with van der Waals surface area (Å²) in [5.41, 5.74) is 0. The van der Waals surface area contributed by atoms with Crippen LogP contribution in [0, 0.1) is 0 Å².